The zero-order valence-corrected chi connectivity index (χ0v) is 13.7. The topological polar surface area (TPSA) is 71.3 Å². The van der Waals surface area contributed by atoms with Gasteiger partial charge in [0, 0.05) is 25.5 Å². The predicted molar refractivity (Wildman–Crippen MR) is 82.3 cm³/mol. The van der Waals surface area contributed by atoms with Gasteiger partial charge in [0.25, 0.3) is 0 Å². The van der Waals surface area contributed by atoms with E-state index in [1.54, 1.807) is 17.8 Å². The highest BCUT2D eigenvalue weighted by Gasteiger charge is 2.23. The molecule has 2 rings (SSSR count). The summed E-state index contributed by atoms with van der Waals surface area (Å²) in [6.07, 6.45) is 7.41. The Morgan fingerprint density at radius 2 is 1.90 bits per heavy atom. The molecule has 0 amide bonds. The Kier molecular flexibility index (Phi) is 5.46. The van der Waals surface area contributed by atoms with Gasteiger partial charge in [0.05, 0.1) is 11.5 Å². The number of aliphatic hydroxyl groups is 1. The van der Waals surface area contributed by atoms with Gasteiger partial charge in [-0.3, -0.25) is 0 Å². The molecule has 21 heavy (non-hydrogen) atoms. The number of hydrogen-bond donors (Lipinski definition) is 2. The first-order valence-electron chi connectivity index (χ1n) is 7.72. The molecule has 1 aromatic rings. The quantitative estimate of drug-likeness (QED) is 0.844. The molecule has 1 aliphatic rings. The first-order chi connectivity index (χ1) is 9.96. The SMILES string of the molecule is CCC1CCC(CNS(=O)(=O)c2cc(CO)n(C)c2)CC1. The van der Waals surface area contributed by atoms with Crippen LogP contribution in [0.25, 0.3) is 0 Å². The second kappa shape index (κ2) is 6.94. The molecule has 0 atom stereocenters. The van der Waals surface area contributed by atoms with Gasteiger partial charge in [0.1, 0.15) is 0 Å². The fourth-order valence-electron chi connectivity index (χ4n) is 3.04. The van der Waals surface area contributed by atoms with E-state index in [9.17, 15) is 8.42 Å². The molecule has 0 aromatic carbocycles. The first-order valence-corrected chi connectivity index (χ1v) is 9.20. The minimum atomic E-state index is -3.47. The van der Waals surface area contributed by atoms with Crippen LogP contribution >= 0.6 is 0 Å². The molecular weight excluding hydrogens is 288 g/mol. The Labute approximate surface area is 127 Å². The minimum Gasteiger partial charge on any atom is -0.390 e. The van der Waals surface area contributed by atoms with Gasteiger partial charge in [-0.15, -0.1) is 0 Å². The lowest BCUT2D eigenvalue weighted by Crippen LogP contribution is -2.31. The molecule has 0 bridgehead atoms. The second-order valence-electron chi connectivity index (χ2n) is 6.08. The van der Waals surface area contributed by atoms with E-state index in [4.69, 9.17) is 5.11 Å². The van der Waals surface area contributed by atoms with Gasteiger partial charge >= 0.3 is 0 Å². The Hall–Kier alpha value is -0.850. The Morgan fingerprint density at radius 1 is 1.29 bits per heavy atom. The summed E-state index contributed by atoms with van der Waals surface area (Å²) in [6.45, 7) is 2.58. The molecule has 0 aliphatic heterocycles. The van der Waals surface area contributed by atoms with Crippen molar-refractivity contribution in [3.63, 3.8) is 0 Å². The van der Waals surface area contributed by atoms with Crippen molar-refractivity contribution in [3.05, 3.63) is 18.0 Å². The van der Waals surface area contributed by atoms with E-state index in [1.165, 1.54) is 25.3 Å². The molecule has 1 heterocycles. The number of aryl methyl sites for hydroxylation is 1. The summed E-state index contributed by atoms with van der Waals surface area (Å²) in [6, 6.07) is 1.52. The number of nitrogens with one attached hydrogen (secondary N) is 1. The molecule has 0 radical (unpaired) electrons. The fraction of sp³-hybridized carbons (Fsp3) is 0.733. The highest BCUT2D eigenvalue weighted by Crippen LogP contribution is 2.30. The van der Waals surface area contributed by atoms with Crippen LogP contribution in [0.2, 0.25) is 0 Å². The normalized spacial score (nSPS) is 23.4. The smallest absolute Gasteiger partial charge is 0.242 e. The maximum absolute atomic E-state index is 12.3. The minimum absolute atomic E-state index is 0.160. The Bertz CT molecular complexity index is 557. The summed E-state index contributed by atoms with van der Waals surface area (Å²) in [4.78, 5) is 0.233. The van der Waals surface area contributed by atoms with Crippen molar-refractivity contribution >= 4 is 10.0 Å². The van der Waals surface area contributed by atoms with Gasteiger partial charge < -0.3 is 9.67 Å². The largest absolute Gasteiger partial charge is 0.390 e. The summed E-state index contributed by atoms with van der Waals surface area (Å²) >= 11 is 0. The highest BCUT2D eigenvalue weighted by molar-refractivity contribution is 7.89. The molecule has 1 fully saturated rings. The summed E-state index contributed by atoms with van der Waals surface area (Å²) in [5, 5.41) is 9.14. The molecule has 5 nitrogen and oxygen atoms in total. The fourth-order valence-corrected chi connectivity index (χ4v) is 4.25. The standard InChI is InChI=1S/C15H26N2O3S/c1-3-12-4-6-13(7-5-12)9-16-21(19,20)15-8-14(11-18)17(2)10-15/h8,10,12-13,16,18H,3-7,9,11H2,1-2H3. The number of nitrogens with zero attached hydrogens (tertiary/aromatic N) is 1. The third kappa shape index (κ3) is 4.08. The number of aromatic nitrogens is 1. The summed E-state index contributed by atoms with van der Waals surface area (Å²) < 4.78 is 28.9. The molecule has 2 N–H and O–H groups in total. The van der Waals surface area contributed by atoms with Crippen molar-refractivity contribution < 1.29 is 13.5 Å². The zero-order valence-electron chi connectivity index (χ0n) is 12.9. The third-order valence-corrected chi connectivity index (χ3v) is 6.05. The number of aliphatic hydroxyl groups excluding tert-OH is 1. The maximum Gasteiger partial charge on any atom is 0.242 e. The number of hydrogen-bond acceptors (Lipinski definition) is 3. The lowest BCUT2D eigenvalue weighted by atomic mass is 9.81. The van der Waals surface area contributed by atoms with Crippen molar-refractivity contribution in [2.24, 2.45) is 18.9 Å². The average molecular weight is 314 g/mol. The Morgan fingerprint density at radius 3 is 2.43 bits per heavy atom. The van der Waals surface area contributed by atoms with E-state index in [0.717, 1.165) is 18.8 Å². The molecule has 0 saturated heterocycles. The van der Waals surface area contributed by atoms with Crippen LogP contribution in [0.3, 0.4) is 0 Å². The summed E-state index contributed by atoms with van der Waals surface area (Å²) in [7, 11) is -1.74. The van der Waals surface area contributed by atoms with Crippen LogP contribution in [-0.4, -0.2) is 24.6 Å². The van der Waals surface area contributed by atoms with E-state index in [-0.39, 0.29) is 11.5 Å². The molecule has 0 spiro atoms. The summed E-state index contributed by atoms with van der Waals surface area (Å²) in [5.74, 6) is 1.27. The van der Waals surface area contributed by atoms with Crippen molar-refractivity contribution in [1.82, 2.24) is 9.29 Å². The van der Waals surface area contributed by atoms with E-state index >= 15 is 0 Å². The van der Waals surface area contributed by atoms with Crippen molar-refractivity contribution in [3.8, 4) is 0 Å². The van der Waals surface area contributed by atoms with Crippen molar-refractivity contribution in [2.75, 3.05) is 6.54 Å². The number of rotatable bonds is 6. The van der Waals surface area contributed by atoms with Crippen molar-refractivity contribution in [2.45, 2.75) is 50.5 Å². The van der Waals surface area contributed by atoms with Crippen LogP contribution in [0, 0.1) is 11.8 Å². The third-order valence-electron chi connectivity index (χ3n) is 4.66. The molecular formula is C15H26N2O3S. The molecule has 1 saturated carbocycles. The zero-order chi connectivity index (χ0) is 15.5. The molecule has 1 aliphatic carbocycles. The van der Waals surface area contributed by atoms with Crippen LogP contribution in [-0.2, 0) is 23.7 Å². The van der Waals surface area contributed by atoms with Crippen LogP contribution in [0.4, 0.5) is 0 Å². The van der Waals surface area contributed by atoms with Crippen LogP contribution in [0.15, 0.2) is 17.2 Å². The van der Waals surface area contributed by atoms with Crippen LogP contribution in [0.1, 0.15) is 44.7 Å². The number of sulfonamides is 1. The lowest BCUT2D eigenvalue weighted by molar-refractivity contribution is 0.270. The van der Waals surface area contributed by atoms with Gasteiger partial charge in [-0.25, -0.2) is 13.1 Å². The maximum atomic E-state index is 12.3. The van der Waals surface area contributed by atoms with Gasteiger partial charge in [-0.2, -0.15) is 0 Å². The van der Waals surface area contributed by atoms with Crippen molar-refractivity contribution in [1.29, 1.82) is 0 Å². The summed E-state index contributed by atoms with van der Waals surface area (Å²) in [5.41, 5.74) is 0.596. The second-order valence-corrected chi connectivity index (χ2v) is 7.85. The van der Waals surface area contributed by atoms with E-state index in [0.29, 0.717) is 18.2 Å². The lowest BCUT2D eigenvalue weighted by Gasteiger charge is -2.27. The monoisotopic (exact) mass is 314 g/mol. The molecule has 0 unspecified atom stereocenters. The molecule has 6 heteroatoms. The van der Waals surface area contributed by atoms with E-state index in [1.807, 2.05) is 0 Å². The molecule has 1 aromatic heterocycles. The van der Waals surface area contributed by atoms with E-state index < -0.39 is 10.0 Å². The van der Waals surface area contributed by atoms with Gasteiger partial charge in [0.2, 0.25) is 10.0 Å². The highest BCUT2D eigenvalue weighted by atomic mass is 32.2. The van der Waals surface area contributed by atoms with E-state index in [2.05, 4.69) is 11.6 Å². The van der Waals surface area contributed by atoms with Crippen LogP contribution in [0.5, 0.6) is 0 Å². The predicted octanol–water partition coefficient (Wildman–Crippen LogP) is 2.01. The van der Waals surface area contributed by atoms with Gasteiger partial charge in [-0.05, 0) is 30.7 Å². The van der Waals surface area contributed by atoms with Crippen LogP contribution < -0.4 is 4.72 Å². The average Bonchev–Trinajstić information content (AvgIpc) is 2.88. The molecule has 120 valence electrons. The first kappa shape index (κ1) is 16.5. The van der Waals surface area contributed by atoms with Gasteiger partial charge in [0.15, 0.2) is 0 Å². The Balaban J connectivity index is 1.92. The van der Waals surface area contributed by atoms with Gasteiger partial charge in [-0.1, -0.05) is 26.2 Å².